The van der Waals surface area contributed by atoms with Gasteiger partial charge in [-0.1, -0.05) is 6.42 Å². The van der Waals surface area contributed by atoms with Crippen LogP contribution in [-0.4, -0.2) is 51.1 Å². The SMILES string of the molecule is CN1C2CC[C@@H]1C[C@H](C1CCC(Cl)CC1)[C@@H]2C1=NC2C(Cl)CCCC2S1. The van der Waals surface area contributed by atoms with Gasteiger partial charge in [0.05, 0.1) is 16.5 Å². The zero-order chi connectivity index (χ0) is 17.8. The Kier molecular flexibility index (Phi) is 5.31. The summed E-state index contributed by atoms with van der Waals surface area (Å²) in [7, 11) is 2.37. The van der Waals surface area contributed by atoms with Gasteiger partial charge in [0.25, 0.3) is 0 Å². The lowest BCUT2D eigenvalue weighted by atomic mass is 9.68. The molecule has 0 radical (unpaired) electrons. The van der Waals surface area contributed by atoms with Gasteiger partial charge in [-0.3, -0.25) is 9.89 Å². The molecule has 2 nitrogen and oxygen atoms in total. The maximum atomic E-state index is 6.68. The first-order valence-corrected chi connectivity index (χ1v) is 12.6. The second kappa shape index (κ2) is 7.43. The van der Waals surface area contributed by atoms with Gasteiger partial charge in [0, 0.05) is 28.6 Å². The Morgan fingerprint density at radius 3 is 2.58 bits per heavy atom. The second-order valence-electron chi connectivity index (χ2n) is 9.46. The third-order valence-corrected chi connectivity index (χ3v) is 10.5. The van der Waals surface area contributed by atoms with E-state index in [1.807, 2.05) is 0 Å². The Labute approximate surface area is 172 Å². The number of thioether (sulfide) groups is 1. The summed E-state index contributed by atoms with van der Waals surface area (Å²) in [5, 5.41) is 2.83. The molecule has 146 valence electrons. The average molecular weight is 415 g/mol. The minimum absolute atomic E-state index is 0.265. The third kappa shape index (κ3) is 3.17. The first-order valence-electron chi connectivity index (χ1n) is 10.9. The molecule has 5 rings (SSSR count). The molecular formula is C21H32Cl2N2S. The van der Waals surface area contributed by atoms with Crippen molar-refractivity contribution in [3.05, 3.63) is 0 Å². The molecule has 3 aliphatic heterocycles. The van der Waals surface area contributed by atoms with Crippen molar-refractivity contribution in [3.8, 4) is 0 Å². The first kappa shape index (κ1) is 18.6. The van der Waals surface area contributed by atoms with E-state index in [4.69, 9.17) is 28.2 Å². The first-order chi connectivity index (χ1) is 12.6. The number of alkyl halides is 2. The van der Waals surface area contributed by atoms with Gasteiger partial charge in [0.1, 0.15) is 0 Å². The van der Waals surface area contributed by atoms with Gasteiger partial charge in [-0.15, -0.1) is 35.0 Å². The fourth-order valence-electron chi connectivity index (χ4n) is 6.72. The van der Waals surface area contributed by atoms with Crippen LogP contribution in [0.1, 0.15) is 64.2 Å². The minimum Gasteiger partial charge on any atom is -0.300 e. The summed E-state index contributed by atoms with van der Waals surface area (Å²) in [6, 6.07) is 1.91. The molecule has 2 aliphatic carbocycles. The fraction of sp³-hybridized carbons (Fsp3) is 0.952. The van der Waals surface area contributed by atoms with Crippen molar-refractivity contribution in [2.75, 3.05) is 7.05 Å². The number of fused-ring (bicyclic) bond motifs is 3. The molecule has 2 saturated heterocycles. The summed E-state index contributed by atoms with van der Waals surface area (Å²) in [6.07, 6.45) is 13.0. The summed E-state index contributed by atoms with van der Waals surface area (Å²) < 4.78 is 0. The molecular weight excluding hydrogens is 383 g/mol. The average Bonchev–Trinajstić information content (AvgIpc) is 3.15. The van der Waals surface area contributed by atoms with Crippen molar-refractivity contribution < 1.29 is 0 Å². The lowest BCUT2D eigenvalue weighted by molar-refractivity contribution is 0.0593. The monoisotopic (exact) mass is 414 g/mol. The second-order valence-corrected chi connectivity index (χ2v) is 11.9. The van der Waals surface area contributed by atoms with Gasteiger partial charge in [0.15, 0.2) is 0 Å². The fourth-order valence-corrected chi connectivity index (χ4v) is 9.10. The molecule has 0 aromatic carbocycles. The lowest BCUT2D eigenvalue weighted by Gasteiger charge is -2.47. The maximum absolute atomic E-state index is 6.68. The van der Waals surface area contributed by atoms with Crippen LogP contribution in [0.3, 0.4) is 0 Å². The zero-order valence-corrected chi connectivity index (χ0v) is 18.2. The van der Waals surface area contributed by atoms with Crippen LogP contribution in [0.4, 0.5) is 0 Å². The largest absolute Gasteiger partial charge is 0.300 e. The van der Waals surface area contributed by atoms with E-state index in [0.717, 1.165) is 24.3 Å². The van der Waals surface area contributed by atoms with E-state index in [1.54, 1.807) is 0 Å². The van der Waals surface area contributed by atoms with Crippen molar-refractivity contribution in [3.63, 3.8) is 0 Å². The molecule has 2 saturated carbocycles. The predicted molar refractivity (Wildman–Crippen MR) is 114 cm³/mol. The number of aliphatic imine (C=N–C) groups is 1. The van der Waals surface area contributed by atoms with Gasteiger partial charge in [-0.05, 0) is 76.7 Å². The number of nitrogens with zero attached hydrogens (tertiary/aromatic N) is 2. The van der Waals surface area contributed by atoms with Crippen LogP contribution in [0.25, 0.3) is 0 Å². The zero-order valence-electron chi connectivity index (χ0n) is 15.8. The number of piperidine rings is 1. The van der Waals surface area contributed by atoms with E-state index in [1.165, 1.54) is 62.8 Å². The van der Waals surface area contributed by atoms with Crippen molar-refractivity contribution in [2.24, 2.45) is 22.7 Å². The molecule has 7 atom stereocenters. The summed E-state index contributed by atoms with van der Waals surface area (Å²) >= 11 is 15.2. The van der Waals surface area contributed by atoms with Gasteiger partial charge >= 0.3 is 0 Å². The van der Waals surface area contributed by atoms with Crippen LogP contribution in [0, 0.1) is 17.8 Å². The highest BCUT2D eigenvalue weighted by atomic mass is 35.5. The van der Waals surface area contributed by atoms with Gasteiger partial charge < -0.3 is 0 Å². The van der Waals surface area contributed by atoms with E-state index < -0.39 is 0 Å². The molecule has 26 heavy (non-hydrogen) atoms. The molecule has 5 aliphatic rings. The van der Waals surface area contributed by atoms with E-state index in [0.29, 0.717) is 28.6 Å². The van der Waals surface area contributed by atoms with Crippen molar-refractivity contribution in [1.82, 2.24) is 4.90 Å². The molecule has 2 bridgehead atoms. The Bertz CT molecular complexity index is 562. The quantitative estimate of drug-likeness (QED) is 0.549. The smallest absolute Gasteiger partial charge is 0.0794 e. The van der Waals surface area contributed by atoms with E-state index in [2.05, 4.69) is 23.7 Å². The van der Waals surface area contributed by atoms with Crippen LogP contribution < -0.4 is 0 Å². The Morgan fingerprint density at radius 1 is 1.00 bits per heavy atom. The van der Waals surface area contributed by atoms with Crippen LogP contribution in [0.2, 0.25) is 0 Å². The maximum Gasteiger partial charge on any atom is 0.0794 e. The highest BCUT2D eigenvalue weighted by Gasteiger charge is 2.52. The normalized spacial score (nSPS) is 52.0. The predicted octanol–water partition coefficient (Wildman–Crippen LogP) is 5.56. The summed E-state index contributed by atoms with van der Waals surface area (Å²) in [5.41, 5.74) is 0. The molecule has 0 aromatic rings. The van der Waals surface area contributed by atoms with Crippen LogP contribution >= 0.6 is 35.0 Å². The standard InChI is InChI=1S/C21H32Cl2N2S/c1-25-14-9-10-17(25)19(15(11-14)12-5-7-13(22)8-6-12)21-24-20-16(23)3-2-4-18(20)26-21/h12-20H,2-11H2,1H3/t12?,13?,14-,15-,16?,17?,18?,19+,20?/m1/s1. The van der Waals surface area contributed by atoms with Crippen molar-refractivity contribution in [2.45, 2.75) is 98.3 Å². The Balaban J connectivity index is 1.42. The minimum atomic E-state index is 0.265. The van der Waals surface area contributed by atoms with E-state index in [-0.39, 0.29) is 5.38 Å². The van der Waals surface area contributed by atoms with Crippen LogP contribution in [0.5, 0.6) is 0 Å². The van der Waals surface area contributed by atoms with Gasteiger partial charge in [-0.2, -0.15) is 0 Å². The highest BCUT2D eigenvalue weighted by molar-refractivity contribution is 8.14. The molecule has 4 unspecified atom stereocenters. The Hall–Kier alpha value is 0.560. The highest BCUT2D eigenvalue weighted by Crippen LogP contribution is 2.52. The third-order valence-electron chi connectivity index (χ3n) is 8.18. The lowest BCUT2D eigenvalue weighted by Crippen LogP contribution is -2.51. The van der Waals surface area contributed by atoms with Crippen molar-refractivity contribution in [1.29, 1.82) is 0 Å². The van der Waals surface area contributed by atoms with Crippen LogP contribution in [0.15, 0.2) is 4.99 Å². The van der Waals surface area contributed by atoms with Gasteiger partial charge in [0.2, 0.25) is 0 Å². The molecule has 0 aromatic heterocycles. The molecule has 0 N–H and O–H groups in total. The molecule has 4 fully saturated rings. The van der Waals surface area contributed by atoms with Crippen LogP contribution in [-0.2, 0) is 0 Å². The summed E-state index contributed by atoms with van der Waals surface area (Å²) in [6.45, 7) is 0. The summed E-state index contributed by atoms with van der Waals surface area (Å²) in [4.78, 5) is 8.03. The molecule has 5 heteroatoms. The summed E-state index contributed by atoms with van der Waals surface area (Å²) in [5.74, 6) is 2.35. The van der Waals surface area contributed by atoms with E-state index in [9.17, 15) is 0 Å². The Morgan fingerprint density at radius 2 is 1.81 bits per heavy atom. The molecule has 0 amide bonds. The topological polar surface area (TPSA) is 15.6 Å². The number of halogens is 2. The van der Waals surface area contributed by atoms with Crippen molar-refractivity contribution >= 4 is 40.0 Å². The number of rotatable bonds is 2. The molecule has 3 heterocycles. The molecule has 0 spiro atoms. The number of hydrogen-bond donors (Lipinski definition) is 0. The van der Waals surface area contributed by atoms with E-state index >= 15 is 0 Å². The number of hydrogen-bond acceptors (Lipinski definition) is 3. The van der Waals surface area contributed by atoms with Gasteiger partial charge in [-0.25, -0.2) is 0 Å².